The number of hydrogen-bond acceptors (Lipinski definition) is 1. The average Bonchev–Trinajstić information content (AvgIpc) is 2.36. The van der Waals surface area contributed by atoms with Crippen molar-refractivity contribution in [3.63, 3.8) is 0 Å². The average molecular weight is 169 g/mol. The molecular weight excluding hydrogens is 146 g/mol. The second-order valence-electron chi connectivity index (χ2n) is 5.25. The highest BCUT2D eigenvalue weighted by molar-refractivity contribution is 4.74. The van der Waals surface area contributed by atoms with Crippen molar-refractivity contribution in [2.24, 2.45) is 5.41 Å². The summed E-state index contributed by atoms with van der Waals surface area (Å²) in [6.45, 7) is 8.13. The van der Waals surface area contributed by atoms with Gasteiger partial charge in [-0.15, -0.1) is 0 Å². The van der Waals surface area contributed by atoms with E-state index in [2.05, 4.69) is 26.1 Å². The molecule has 1 N–H and O–H groups in total. The summed E-state index contributed by atoms with van der Waals surface area (Å²) in [4.78, 5) is 0. The Morgan fingerprint density at radius 1 is 1.17 bits per heavy atom. The molecule has 1 rings (SSSR count). The molecule has 0 saturated heterocycles. The van der Waals surface area contributed by atoms with Crippen molar-refractivity contribution in [3.8, 4) is 0 Å². The Bertz CT molecular complexity index is 117. The van der Waals surface area contributed by atoms with Gasteiger partial charge in [0.05, 0.1) is 0 Å². The third kappa shape index (κ3) is 4.10. The minimum absolute atomic E-state index is 0.492. The van der Waals surface area contributed by atoms with Gasteiger partial charge in [0.1, 0.15) is 0 Å². The van der Waals surface area contributed by atoms with Crippen LogP contribution >= 0.6 is 0 Å². The summed E-state index contributed by atoms with van der Waals surface area (Å²) in [6.07, 6.45) is 6.98. The van der Waals surface area contributed by atoms with Gasteiger partial charge in [-0.1, -0.05) is 33.6 Å². The quantitative estimate of drug-likeness (QED) is 0.685. The Hall–Kier alpha value is -0.0400. The predicted molar refractivity (Wildman–Crippen MR) is 54.3 cm³/mol. The van der Waals surface area contributed by atoms with E-state index in [4.69, 9.17) is 0 Å². The van der Waals surface area contributed by atoms with Gasteiger partial charge in [0.15, 0.2) is 0 Å². The van der Waals surface area contributed by atoms with Crippen molar-refractivity contribution < 1.29 is 0 Å². The van der Waals surface area contributed by atoms with Crippen LogP contribution < -0.4 is 5.32 Å². The minimum atomic E-state index is 0.492. The van der Waals surface area contributed by atoms with E-state index in [0.717, 1.165) is 6.04 Å². The summed E-state index contributed by atoms with van der Waals surface area (Å²) >= 11 is 0. The molecule has 0 radical (unpaired) electrons. The van der Waals surface area contributed by atoms with Crippen LogP contribution in [-0.2, 0) is 0 Å². The minimum Gasteiger partial charge on any atom is -0.314 e. The standard InChI is InChI=1S/C11H23N/c1-11(2,3)8-9-12-10-6-4-5-7-10/h10,12H,4-9H2,1-3H3. The lowest BCUT2D eigenvalue weighted by Crippen LogP contribution is -2.29. The number of hydrogen-bond donors (Lipinski definition) is 1. The van der Waals surface area contributed by atoms with Crippen LogP contribution in [-0.4, -0.2) is 12.6 Å². The van der Waals surface area contributed by atoms with Crippen LogP contribution in [0.25, 0.3) is 0 Å². The van der Waals surface area contributed by atoms with Crippen molar-refractivity contribution in [2.45, 2.75) is 58.9 Å². The van der Waals surface area contributed by atoms with Crippen LogP contribution in [0.1, 0.15) is 52.9 Å². The Labute approximate surface area is 76.9 Å². The predicted octanol–water partition coefficient (Wildman–Crippen LogP) is 2.95. The lowest BCUT2D eigenvalue weighted by atomic mass is 9.92. The molecule has 0 atom stereocenters. The Morgan fingerprint density at radius 3 is 2.25 bits per heavy atom. The molecule has 0 aromatic rings. The Kier molecular flexibility index (Phi) is 3.57. The molecule has 1 fully saturated rings. The van der Waals surface area contributed by atoms with E-state index in [-0.39, 0.29) is 0 Å². The highest BCUT2D eigenvalue weighted by atomic mass is 14.9. The van der Waals surface area contributed by atoms with E-state index >= 15 is 0 Å². The molecule has 0 bridgehead atoms. The molecule has 0 amide bonds. The van der Waals surface area contributed by atoms with Gasteiger partial charge in [0.2, 0.25) is 0 Å². The molecule has 0 spiro atoms. The zero-order chi connectivity index (χ0) is 9.03. The largest absolute Gasteiger partial charge is 0.314 e. The fraction of sp³-hybridized carbons (Fsp3) is 1.00. The first kappa shape index (κ1) is 10.0. The van der Waals surface area contributed by atoms with E-state index in [9.17, 15) is 0 Å². The van der Waals surface area contributed by atoms with Crippen molar-refractivity contribution in [2.75, 3.05) is 6.54 Å². The third-order valence-electron chi connectivity index (χ3n) is 2.66. The molecule has 1 aliphatic carbocycles. The first-order valence-electron chi connectivity index (χ1n) is 5.31. The highest BCUT2D eigenvalue weighted by Gasteiger charge is 2.15. The highest BCUT2D eigenvalue weighted by Crippen LogP contribution is 2.20. The molecule has 72 valence electrons. The Morgan fingerprint density at radius 2 is 1.75 bits per heavy atom. The molecule has 1 aliphatic rings. The summed E-state index contributed by atoms with van der Waals surface area (Å²) in [6, 6.07) is 0.840. The van der Waals surface area contributed by atoms with Gasteiger partial charge in [-0.3, -0.25) is 0 Å². The first-order valence-corrected chi connectivity index (χ1v) is 5.31. The summed E-state index contributed by atoms with van der Waals surface area (Å²) in [5, 5.41) is 3.64. The maximum absolute atomic E-state index is 3.64. The SMILES string of the molecule is CC(C)(C)CCNC1CCCC1. The second-order valence-corrected chi connectivity index (χ2v) is 5.25. The molecule has 0 unspecified atom stereocenters. The van der Waals surface area contributed by atoms with Crippen molar-refractivity contribution in [1.82, 2.24) is 5.32 Å². The van der Waals surface area contributed by atoms with Crippen LogP contribution in [0.15, 0.2) is 0 Å². The van der Waals surface area contributed by atoms with Crippen molar-refractivity contribution in [1.29, 1.82) is 0 Å². The van der Waals surface area contributed by atoms with Crippen molar-refractivity contribution in [3.05, 3.63) is 0 Å². The van der Waals surface area contributed by atoms with E-state index in [1.807, 2.05) is 0 Å². The maximum atomic E-state index is 3.64. The molecular formula is C11H23N. The van der Waals surface area contributed by atoms with Gasteiger partial charge >= 0.3 is 0 Å². The zero-order valence-electron chi connectivity index (χ0n) is 8.82. The van der Waals surface area contributed by atoms with Crippen molar-refractivity contribution >= 4 is 0 Å². The summed E-state index contributed by atoms with van der Waals surface area (Å²) in [5.41, 5.74) is 0.492. The second kappa shape index (κ2) is 4.27. The van der Waals surface area contributed by atoms with Gasteiger partial charge in [-0.05, 0) is 31.2 Å². The lowest BCUT2D eigenvalue weighted by Gasteiger charge is -2.20. The molecule has 0 aliphatic heterocycles. The topological polar surface area (TPSA) is 12.0 Å². The molecule has 1 heteroatoms. The monoisotopic (exact) mass is 169 g/mol. The molecule has 0 aromatic carbocycles. The van der Waals surface area contributed by atoms with E-state index in [1.165, 1.54) is 38.6 Å². The summed E-state index contributed by atoms with van der Waals surface area (Å²) in [7, 11) is 0. The van der Waals surface area contributed by atoms with E-state index in [1.54, 1.807) is 0 Å². The maximum Gasteiger partial charge on any atom is 0.00670 e. The smallest absolute Gasteiger partial charge is 0.00670 e. The molecule has 12 heavy (non-hydrogen) atoms. The summed E-state index contributed by atoms with van der Waals surface area (Å²) in [5.74, 6) is 0. The van der Waals surface area contributed by atoms with Crippen LogP contribution in [0, 0.1) is 5.41 Å². The molecule has 1 nitrogen and oxygen atoms in total. The fourth-order valence-electron chi connectivity index (χ4n) is 1.78. The molecule has 0 aromatic heterocycles. The fourth-order valence-corrected chi connectivity index (χ4v) is 1.78. The lowest BCUT2D eigenvalue weighted by molar-refractivity contribution is 0.354. The molecule has 0 heterocycles. The summed E-state index contributed by atoms with van der Waals surface area (Å²) < 4.78 is 0. The van der Waals surface area contributed by atoms with E-state index < -0.39 is 0 Å². The van der Waals surface area contributed by atoms with E-state index in [0.29, 0.717) is 5.41 Å². The van der Waals surface area contributed by atoms with Gasteiger partial charge in [0.25, 0.3) is 0 Å². The normalized spacial score (nSPS) is 20.2. The first-order chi connectivity index (χ1) is 5.58. The molecule has 1 saturated carbocycles. The third-order valence-corrected chi connectivity index (χ3v) is 2.66. The van der Waals surface area contributed by atoms with Crippen LogP contribution in [0.3, 0.4) is 0 Å². The van der Waals surface area contributed by atoms with Crippen LogP contribution in [0.2, 0.25) is 0 Å². The van der Waals surface area contributed by atoms with Gasteiger partial charge < -0.3 is 5.32 Å². The number of rotatable bonds is 3. The van der Waals surface area contributed by atoms with Crippen LogP contribution in [0.5, 0.6) is 0 Å². The zero-order valence-corrected chi connectivity index (χ0v) is 8.82. The van der Waals surface area contributed by atoms with Gasteiger partial charge in [-0.25, -0.2) is 0 Å². The van der Waals surface area contributed by atoms with Crippen LogP contribution in [0.4, 0.5) is 0 Å². The van der Waals surface area contributed by atoms with Gasteiger partial charge in [-0.2, -0.15) is 0 Å². The number of nitrogens with one attached hydrogen (secondary N) is 1. The Balaban J connectivity index is 2.02. The van der Waals surface area contributed by atoms with Gasteiger partial charge in [0, 0.05) is 6.04 Å².